The van der Waals surface area contributed by atoms with Crippen LogP contribution in [0.1, 0.15) is 39.1 Å². The number of hydrogen-bond acceptors (Lipinski definition) is 9. The maximum absolute atomic E-state index is 12.8. The third-order valence-electron chi connectivity index (χ3n) is 5.22. The molecule has 2 aliphatic rings. The van der Waals surface area contributed by atoms with Gasteiger partial charge in [-0.1, -0.05) is 11.8 Å². The SMILES string of the molecule is Cl.NCCOCCOCCOCCOCC#Cc1ccc2c(c1)C(=O)N(C1CCC(=O)NC1=O)C2=O. The normalized spacial score (nSPS) is 16.8. The summed E-state index contributed by atoms with van der Waals surface area (Å²) in [7, 11) is 0. The maximum atomic E-state index is 12.8. The Labute approximate surface area is 215 Å². The third kappa shape index (κ3) is 8.09. The molecule has 2 aliphatic heterocycles. The smallest absolute Gasteiger partial charge is 0.262 e. The second-order valence-electron chi connectivity index (χ2n) is 7.69. The number of piperidine rings is 1. The summed E-state index contributed by atoms with van der Waals surface area (Å²) in [4.78, 5) is 49.9. The number of carbonyl (C=O) groups is 4. The van der Waals surface area contributed by atoms with Gasteiger partial charge in [-0.3, -0.25) is 29.4 Å². The molecular formula is C24H30ClN3O8. The number of nitrogens with two attached hydrogens (primary N) is 1. The fourth-order valence-corrected chi connectivity index (χ4v) is 3.55. The molecule has 196 valence electrons. The van der Waals surface area contributed by atoms with Crippen LogP contribution in [0.2, 0.25) is 0 Å². The zero-order chi connectivity index (χ0) is 25.0. The van der Waals surface area contributed by atoms with Gasteiger partial charge in [0.25, 0.3) is 11.8 Å². The van der Waals surface area contributed by atoms with E-state index in [1.807, 2.05) is 0 Å². The van der Waals surface area contributed by atoms with Gasteiger partial charge in [0.1, 0.15) is 12.6 Å². The molecule has 0 spiro atoms. The summed E-state index contributed by atoms with van der Waals surface area (Å²) in [6, 6.07) is 3.69. The highest BCUT2D eigenvalue weighted by atomic mass is 35.5. The molecule has 0 bridgehead atoms. The summed E-state index contributed by atoms with van der Waals surface area (Å²) < 4.78 is 21.3. The van der Waals surface area contributed by atoms with E-state index in [2.05, 4.69) is 17.2 Å². The topological polar surface area (TPSA) is 146 Å². The van der Waals surface area contributed by atoms with Gasteiger partial charge in [0.15, 0.2) is 0 Å². The van der Waals surface area contributed by atoms with Crippen molar-refractivity contribution in [3.63, 3.8) is 0 Å². The summed E-state index contributed by atoms with van der Waals surface area (Å²) in [5.41, 5.74) is 6.26. The van der Waals surface area contributed by atoms with Gasteiger partial charge in [-0.05, 0) is 24.6 Å². The molecule has 1 fully saturated rings. The Bertz CT molecular complexity index is 1010. The molecule has 12 heteroatoms. The average Bonchev–Trinajstić information content (AvgIpc) is 3.09. The summed E-state index contributed by atoms with van der Waals surface area (Å²) in [5.74, 6) is 3.58. The van der Waals surface area contributed by atoms with Crippen LogP contribution in [-0.2, 0) is 28.5 Å². The highest BCUT2D eigenvalue weighted by molar-refractivity contribution is 6.23. The van der Waals surface area contributed by atoms with E-state index in [0.717, 1.165) is 4.90 Å². The Morgan fingerprint density at radius 3 is 2.14 bits per heavy atom. The number of halogens is 1. The van der Waals surface area contributed by atoms with Crippen molar-refractivity contribution < 1.29 is 38.1 Å². The first-order valence-electron chi connectivity index (χ1n) is 11.4. The van der Waals surface area contributed by atoms with Crippen molar-refractivity contribution in [1.29, 1.82) is 0 Å². The zero-order valence-electron chi connectivity index (χ0n) is 19.8. The minimum absolute atomic E-state index is 0. The lowest BCUT2D eigenvalue weighted by Gasteiger charge is -2.27. The number of nitrogens with zero attached hydrogens (tertiary/aromatic N) is 1. The summed E-state index contributed by atoms with van der Waals surface area (Å²) in [6.07, 6.45) is 0.186. The molecule has 0 aromatic heterocycles. The number of rotatable bonds is 13. The Kier molecular flexibility index (Phi) is 12.5. The highest BCUT2D eigenvalue weighted by Gasteiger charge is 2.44. The van der Waals surface area contributed by atoms with Gasteiger partial charge in [-0.15, -0.1) is 12.4 Å². The van der Waals surface area contributed by atoms with Gasteiger partial charge < -0.3 is 24.7 Å². The van der Waals surface area contributed by atoms with Crippen molar-refractivity contribution in [3.8, 4) is 11.8 Å². The van der Waals surface area contributed by atoms with Gasteiger partial charge in [0.2, 0.25) is 11.8 Å². The lowest BCUT2D eigenvalue weighted by atomic mass is 10.0. The lowest BCUT2D eigenvalue weighted by Crippen LogP contribution is -2.54. The molecule has 1 atom stereocenters. The Balaban J connectivity index is 0.00000456. The van der Waals surface area contributed by atoms with E-state index >= 15 is 0 Å². The molecule has 3 N–H and O–H groups in total. The van der Waals surface area contributed by atoms with Crippen molar-refractivity contribution >= 4 is 36.0 Å². The predicted molar refractivity (Wildman–Crippen MR) is 130 cm³/mol. The summed E-state index contributed by atoms with van der Waals surface area (Å²) in [5, 5.41) is 2.17. The maximum Gasteiger partial charge on any atom is 0.262 e. The van der Waals surface area contributed by atoms with Crippen molar-refractivity contribution in [2.45, 2.75) is 18.9 Å². The molecule has 0 saturated carbocycles. The molecule has 0 aliphatic carbocycles. The number of fused-ring (bicyclic) bond motifs is 1. The van der Waals surface area contributed by atoms with Gasteiger partial charge >= 0.3 is 0 Å². The number of ether oxygens (including phenoxy) is 4. The van der Waals surface area contributed by atoms with E-state index in [-0.39, 0.29) is 43.0 Å². The van der Waals surface area contributed by atoms with Crippen LogP contribution in [0.3, 0.4) is 0 Å². The van der Waals surface area contributed by atoms with E-state index in [4.69, 9.17) is 24.7 Å². The van der Waals surface area contributed by atoms with Crippen molar-refractivity contribution in [3.05, 3.63) is 34.9 Å². The van der Waals surface area contributed by atoms with E-state index in [9.17, 15) is 19.2 Å². The Morgan fingerprint density at radius 2 is 1.50 bits per heavy atom. The summed E-state index contributed by atoms with van der Waals surface area (Å²) in [6.45, 7) is 3.87. The molecule has 1 saturated heterocycles. The van der Waals surface area contributed by atoms with Gasteiger partial charge in [0.05, 0.1) is 57.4 Å². The standard InChI is InChI=1S/C24H29N3O8.ClH/c25-7-9-33-11-13-35-15-14-34-12-10-32-8-1-2-17-3-4-18-19(16-17)24(31)27(23(18)30)20-5-6-21(28)26-22(20)29;/h3-4,16,20H,5-15,25H2,(H,26,28,29);1H. The molecule has 1 aromatic carbocycles. The van der Waals surface area contributed by atoms with Gasteiger partial charge in [-0.25, -0.2) is 0 Å². The number of carbonyl (C=O) groups excluding carboxylic acids is 4. The fraction of sp³-hybridized carbons (Fsp3) is 0.500. The van der Waals surface area contributed by atoms with Crippen LogP contribution >= 0.6 is 12.4 Å². The fourth-order valence-electron chi connectivity index (χ4n) is 3.55. The van der Waals surface area contributed by atoms with Crippen LogP contribution in [0.4, 0.5) is 0 Å². The predicted octanol–water partition coefficient (Wildman–Crippen LogP) is -0.114. The molecule has 11 nitrogen and oxygen atoms in total. The largest absolute Gasteiger partial charge is 0.378 e. The van der Waals surface area contributed by atoms with E-state index in [0.29, 0.717) is 58.4 Å². The zero-order valence-corrected chi connectivity index (χ0v) is 20.6. The minimum atomic E-state index is -0.993. The van der Waals surface area contributed by atoms with E-state index in [1.165, 1.54) is 12.1 Å². The summed E-state index contributed by atoms with van der Waals surface area (Å²) >= 11 is 0. The highest BCUT2D eigenvalue weighted by Crippen LogP contribution is 2.28. The molecular weight excluding hydrogens is 494 g/mol. The number of amides is 4. The van der Waals surface area contributed by atoms with Crippen molar-refractivity contribution in [1.82, 2.24) is 10.2 Å². The molecule has 3 rings (SSSR count). The van der Waals surface area contributed by atoms with Crippen molar-refractivity contribution in [2.24, 2.45) is 5.73 Å². The van der Waals surface area contributed by atoms with Crippen LogP contribution in [0.15, 0.2) is 18.2 Å². The third-order valence-corrected chi connectivity index (χ3v) is 5.22. The monoisotopic (exact) mass is 523 g/mol. The van der Waals surface area contributed by atoms with E-state index < -0.39 is 29.7 Å². The number of hydrogen-bond donors (Lipinski definition) is 2. The molecule has 1 unspecified atom stereocenters. The molecule has 0 radical (unpaired) electrons. The minimum Gasteiger partial charge on any atom is -0.378 e. The first-order valence-corrected chi connectivity index (χ1v) is 11.4. The molecule has 36 heavy (non-hydrogen) atoms. The van der Waals surface area contributed by atoms with Crippen LogP contribution in [-0.4, -0.2) is 94.0 Å². The van der Waals surface area contributed by atoms with Gasteiger partial charge in [-0.2, -0.15) is 0 Å². The van der Waals surface area contributed by atoms with E-state index in [1.54, 1.807) is 6.07 Å². The first-order chi connectivity index (χ1) is 17.0. The molecule has 4 amide bonds. The second-order valence-corrected chi connectivity index (χ2v) is 7.69. The van der Waals surface area contributed by atoms with Crippen LogP contribution in [0.5, 0.6) is 0 Å². The number of imide groups is 2. The van der Waals surface area contributed by atoms with Crippen LogP contribution in [0.25, 0.3) is 0 Å². The first kappa shape index (κ1) is 29.4. The molecule has 1 aromatic rings. The van der Waals surface area contributed by atoms with Gasteiger partial charge in [0, 0.05) is 18.5 Å². The number of benzene rings is 1. The quantitative estimate of drug-likeness (QED) is 0.205. The van der Waals surface area contributed by atoms with Crippen molar-refractivity contribution in [2.75, 3.05) is 59.4 Å². The Hall–Kier alpha value is -2.85. The van der Waals surface area contributed by atoms with Crippen LogP contribution < -0.4 is 11.1 Å². The van der Waals surface area contributed by atoms with Crippen LogP contribution in [0, 0.1) is 11.8 Å². The lowest BCUT2D eigenvalue weighted by molar-refractivity contribution is -0.136. The molecule has 2 heterocycles. The average molecular weight is 524 g/mol. The number of nitrogens with one attached hydrogen (secondary N) is 1. The second kappa shape index (κ2) is 15.3. The Morgan fingerprint density at radius 1 is 0.889 bits per heavy atom.